The number of hydrogen-bond acceptors (Lipinski definition) is 6. The van der Waals surface area contributed by atoms with Gasteiger partial charge in [-0.3, -0.25) is 14.9 Å². The molecule has 1 aliphatic heterocycles. The number of benzene rings is 2. The van der Waals surface area contributed by atoms with Gasteiger partial charge in [-0.2, -0.15) is 0 Å². The number of carbonyl (C=O) groups excluding carboxylic acids is 1. The highest BCUT2D eigenvalue weighted by Gasteiger charge is 2.26. The van der Waals surface area contributed by atoms with Crippen molar-refractivity contribution in [3.05, 3.63) is 57.1 Å². The Morgan fingerprint density at radius 2 is 1.77 bits per heavy atom. The number of halogens is 1. The molecule has 30 heavy (non-hydrogen) atoms. The van der Waals surface area contributed by atoms with Gasteiger partial charge in [0.25, 0.3) is 5.69 Å². The summed E-state index contributed by atoms with van der Waals surface area (Å²) in [6.45, 7) is 2.10. The fourth-order valence-corrected chi connectivity index (χ4v) is 3.72. The van der Waals surface area contributed by atoms with Crippen LogP contribution in [0.25, 0.3) is 0 Å². The summed E-state index contributed by atoms with van der Waals surface area (Å²) >= 11 is 5.90. The van der Waals surface area contributed by atoms with E-state index in [9.17, 15) is 14.9 Å². The van der Waals surface area contributed by atoms with Gasteiger partial charge in [0.05, 0.1) is 19.1 Å². The second-order valence-electron chi connectivity index (χ2n) is 6.95. The molecule has 0 spiro atoms. The van der Waals surface area contributed by atoms with E-state index in [0.717, 1.165) is 5.56 Å². The van der Waals surface area contributed by atoms with E-state index in [1.807, 2.05) is 23.1 Å². The lowest BCUT2D eigenvalue weighted by atomic mass is 10.1. The lowest BCUT2D eigenvalue weighted by Gasteiger charge is -2.36. The normalized spacial score (nSPS) is 13.8. The molecule has 0 bridgehead atoms. The number of hydrogen-bond donors (Lipinski definition) is 0. The van der Waals surface area contributed by atoms with Crippen LogP contribution in [0.3, 0.4) is 0 Å². The van der Waals surface area contributed by atoms with Gasteiger partial charge in [0.15, 0.2) is 11.5 Å². The predicted molar refractivity (Wildman–Crippen MR) is 115 cm³/mol. The molecular formula is C21H24ClN3O5. The van der Waals surface area contributed by atoms with Gasteiger partial charge in [-0.25, -0.2) is 0 Å². The molecule has 0 N–H and O–H groups in total. The summed E-state index contributed by atoms with van der Waals surface area (Å²) in [7, 11) is 3.16. The number of ether oxygens (including phenoxy) is 2. The SMILES string of the molecule is COc1ccc(CCC(=O)N2CCN(c3ccc(Cl)cc3[N+](=O)[O-])CC2)cc1OC. The Kier molecular flexibility index (Phi) is 6.99. The van der Waals surface area contributed by atoms with E-state index in [2.05, 4.69) is 0 Å². The Morgan fingerprint density at radius 3 is 2.40 bits per heavy atom. The number of rotatable bonds is 7. The topological polar surface area (TPSA) is 85.2 Å². The Balaban J connectivity index is 1.57. The van der Waals surface area contributed by atoms with Gasteiger partial charge in [-0.15, -0.1) is 0 Å². The van der Waals surface area contributed by atoms with Crippen LogP contribution in [-0.2, 0) is 11.2 Å². The highest BCUT2D eigenvalue weighted by molar-refractivity contribution is 6.30. The lowest BCUT2D eigenvalue weighted by molar-refractivity contribution is -0.384. The maximum atomic E-state index is 12.6. The first kappa shape index (κ1) is 21.7. The van der Waals surface area contributed by atoms with E-state index in [1.165, 1.54) is 6.07 Å². The number of nitrogens with zero attached hydrogens (tertiary/aromatic N) is 3. The summed E-state index contributed by atoms with van der Waals surface area (Å²) < 4.78 is 10.5. The summed E-state index contributed by atoms with van der Waals surface area (Å²) in [5, 5.41) is 11.7. The summed E-state index contributed by atoms with van der Waals surface area (Å²) in [4.78, 5) is 27.3. The van der Waals surface area contributed by atoms with Crippen molar-refractivity contribution < 1.29 is 19.2 Å². The molecule has 1 saturated heterocycles. The summed E-state index contributed by atoms with van der Waals surface area (Å²) in [5.74, 6) is 1.36. The second kappa shape index (κ2) is 9.67. The van der Waals surface area contributed by atoms with Crippen LogP contribution >= 0.6 is 11.6 Å². The molecule has 0 aliphatic carbocycles. The molecule has 1 heterocycles. The molecule has 3 rings (SSSR count). The van der Waals surface area contributed by atoms with Gasteiger partial charge in [-0.05, 0) is 36.2 Å². The third-order valence-electron chi connectivity index (χ3n) is 5.18. The van der Waals surface area contributed by atoms with Crippen molar-refractivity contribution >= 4 is 28.9 Å². The predicted octanol–water partition coefficient (Wildman–Crippen LogP) is 3.55. The van der Waals surface area contributed by atoms with Crippen molar-refractivity contribution in [3.8, 4) is 11.5 Å². The van der Waals surface area contributed by atoms with Crippen LogP contribution in [0.15, 0.2) is 36.4 Å². The Bertz CT molecular complexity index is 929. The molecule has 1 amide bonds. The highest BCUT2D eigenvalue weighted by atomic mass is 35.5. The van der Waals surface area contributed by atoms with Gasteiger partial charge in [-0.1, -0.05) is 17.7 Å². The van der Waals surface area contributed by atoms with E-state index >= 15 is 0 Å². The van der Waals surface area contributed by atoms with Crippen LogP contribution in [0.1, 0.15) is 12.0 Å². The van der Waals surface area contributed by atoms with Crippen molar-refractivity contribution in [3.63, 3.8) is 0 Å². The first-order valence-corrected chi connectivity index (χ1v) is 9.98. The summed E-state index contributed by atoms with van der Waals surface area (Å²) in [6.07, 6.45) is 0.985. The minimum atomic E-state index is -0.429. The van der Waals surface area contributed by atoms with Crippen molar-refractivity contribution in [1.29, 1.82) is 0 Å². The minimum Gasteiger partial charge on any atom is -0.493 e. The zero-order chi connectivity index (χ0) is 21.7. The lowest BCUT2D eigenvalue weighted by Crippen LogP contribution is -2.49. The first-order chi connectivity index (χ1) is 14.4. The molecule has 0 radical (unpaired) electrons. The molecule has 0 aromatic heterocycles. The number of carbonyl (C=O) groups is 1. The number of amides is 1. The van der Waals surface area contributed by atoms with Crippen LogP contribution in [0.2, 0.25) is 5.02 Å². The van der Waals surface area contributed by atoms with Crippen LogP contribution < -0.4 is 14.4 Å². The van der Waals surface area contributed by atoms with Crippen LogP contribution in [0, 0.1) is 10.1 Å². The smallest absolute Gasteiger partial charge is 0.294 e. The van der Waals surface area contributed by atoms with Crippen LogP contribution in [0.4, 0.5) is 11.4 Å². The van der Waals surface area contributed by atoms with Gasteiger partial charge in [0.1, 0.15) is 5.69 Å². The molecule has 2 aromatic carbocycles. The molecule has 8 nitrogen and oxygen atoms in total. The van der Waals surface area contributed by atoms with E-state index in [1.54, 1.807) is 31.3 Å². The standard InChI is InChI=1S/C21H24ClN3O5/c1-29-19-7-3-15(13-20(19)30-2)4-8-21(26)24-11-9-23(10-12-24)17-6-5-16(22)14-18(17)25(27)28/h3,5-7,13-14H,4,8-12H2,1-2H3. The molecule has 1 fully saturated rings. The molecular weight excluding hydrogens is 410 g/mol. The zero-order valence-electron chi connectivity index (χ0n) is 17.0. The summed E-state index contributed by atoms with van der Waals surface area (Å²) in [6, 6.07) is 10.3. The maximum absolute atomic E-state index is 12.6. The largest absolute Gasteiger partial charge is 0.493 e. The maximum Gasteiger partial charge on any atom is 0.294 e. The molecule has 0 saturated carbocycles. The average Bonchev–Trinajstić information content (AvgIpc) is 2.77. The fourth-order valence-electron chi connectivity index (χ4n) is 3.55. The van der Waals surface area contributed by atoms with E-state index in [4.69, 9.17) is 21.1 Å². The van der Waals surface area contributed by atoms with Gasteiger partial charge < -0.3 is 19.3 Å². The Hall–Kier alpha value is -3.00. The molecule has 9 heteroatoms. The number of nitro benzene ring substituents is 1. The Morgan fingerprint density at radius 1 is 1.07 bits per heavy atom. The van der Waals surface area contributed by atoms with Crippen molar-refractivity contribution in [1.82, 2.24) is 4.90 Å². The molecule has 0 unspecified atom stereocenters. The minimum absolute atomic E-state index is 0.0178. The monoisotopic (exact) mass is 433 g/mol. The quantitative estimate of drug-likeness (QED) is 0.490. The highest BCUT2D eigenvalue weighted by Crippen LogP contribution is 2.32. The summed E-state index contributed by atoms with van der Waals surface area (Å²) in [5.41, 5.74) is 1.51. The second-order valence-corrected chi connectivity index (χ2v) is 7.38. The number of piperazine rings is 1. The average molecular weight is 434 g/mol. The molecule has 160 valence electrons. The van der Waals surface area contributed by atoms with Crippen LogP contribution in [-0.4, -0.2) is 56.1 Å². The fraction of sp³-hybridized carbons (Fsp3) is 0.381. The molecule has 2 aromatic rings. The van der Waals surface area contributed by atoms with Crippen LogP contribution in [0.5, 0.6) is 11.5 Å². The van der Waals surface area contributed by atoms with E-state index in [-0.39, 0.29) is 11.6 Å². The van der Waals surface area contributed by atoms with Crippen molar-refractivity contribution in [2.45, 2.75) is 12.8 Å². The van der Waals surface area contributed by atoms with Gasteiger partial charge >= 0.3 is 0 Å². The number of anilines is 1. The number of nitro groups is 1. The van der Waals surface area contributed by atoms with E-state index < -0.39 is 4.92 Å². The molecule has 1 aliphatic rings. The number of aryl methyl sites for hydroxylation is 1. The first-order valence-electron chi connectivity index (χ1n) is 9.60. The van der Waals surface area contributed by atoms with Gasteiger partial charge in [0.2, 0.25) is 5.91 Å². The molecule has 0 atom stereocenters. The third-order valence-corrected chi connectivity index (χ3v) is 5.42. The third kappa shape index (κ3) is 4.94. The number of methoxy groups -OCH3 is 2. The van der Waals surface area contributed by atoms with Crippen molar-refractivity contribution in [2.24, 2.45) is 0 Å². The van der Waals surface area contributed by atoms with E-state index in [0.29, 0.717) is 61.2 Å². The van der Waals surface area contributed by atoms with Gasteiger partial charge in [0, 0.05) is 43.7 Å². The zero-order valence-corrected chi connectivity index (χ0v) is 17.7. The Labute approximate surface area is 180 Å². The van der Waals surface area contributed by atoms with Crippen molar-refractivity contribution in [2.75, 3.05) is 45.3 Å².